The molecule has 21 heavy (non-hydrogen) atoms. The summed E-state index contributed by atoms with van der Waals surface area (Å²) in [7, 11) is 0. The summed E-state index contributed by atoms with van der Waals surface area (Å²) in [6.07, 6.45) is 1.17. The number of rotatable bonds is 6. The highest BCUT2D eigenvalue weighted by atomic mass is 16.5. The zero-order valence-corrected chi connectivity index (χ0v) is 13.3. The van der Waals surface area contributed by atoms with Gasteiger partial charge in [0.05, 0.1) is 6.61 Å². The molecule has 0 amide bonds. The van der Waals surface area contributed by atoms with E-state index in [-0.39, 0.29) is 6.61 Å². The second-order valence-corrected chi connectivity index (χ2v) is 5.88. The monoisotopic (exact) mass is 292 g/mol. The lowest BCUT2D eigenvalue weighted by molar-refractivity contribution is 0.188. The van der Waals surface area contributed by atoms with Crippen LogP contribution >= 0.6 is 0 Å². The summed E-state index contributed by atoms with van der Waals surface area (Å²) < 4.78 is 5.94. The predicted octanol–water partition coefficient (Wildman–Crippen LogP) is 1.68. The van der Waals surface area contributed by atoms with Crippen LogP contribution in [-0.4, -0.2) is 67.4 Å². The number of nitrogens with zero attached hydrogens (tertiary/aromatic N) is 2. The van der Waals surface area contributed by atoms with E-state index in [4.69, 9.17) is 9.84 Å². The molecule has 0 aliphatic carbocycles. The molecule has 0 radical (unpaired) electrons. The van der Waals surface area contributed by atoms with E-state index >= 15 is 0 Å². The van der Waals surface area contributed by atoms with Gasteiger partial charge in [-0.25, -0.2) is 0 Å². The fourth-order valence-electron chi connectivity index (χ4n) is 2.76. The van der Waals surface area contributed by atoms with Crippen molar-refractivity contribution in [2.75, 3.05) is 52.5 Å². The van der Waals surface area contributed by atoms with Gasteiger partial charge < -0.3 is 9.84 Å². The van der Waals surface area contributed by atoms with Crippen LogP contribution in [0.4, 0.5) is 0 Å². The number of hydrogen-bond donors (Lipinski definition) is 1. The van der Waals surface area contributed by atoms with Crippen LogP contribution in [0.2, 0.25) is 0 Å². The molecule has 4 nitrogen and oxygen atoms in total. The van der Waals surface area contributed by atoms with Crippen LogP contribution < -0.4 is 4.74 Å². The molecule has 0 bridgehead atoms. The molecule has 0 saturated carbocycles. The molecule has 1 aliphatic heterocycles. The summed E-state index contributed by atoms with van der Waals surface area (Å²) in [5, 5.41) is 9.02. The summed E-state index contributed by atoms with van der Waals surface area (Å²) in [6.45, 7) is 11.3. The molecule has 1 fully saturated rings. The fraction of sp³-hybridized carbons (Fsp3) is 0.647. The molecular weight excluding hydrogens is 264 g/mol. The minimum Gasteiger partial charge on any atom is -0.492 e. The maximum atomic E-state index is 9.02. The van der Waals surface area contributed by atoms with Crippen LogP contribution in [0.5, 0.6) is 5.75 Å². The van der Waals surface area contributed by atoms with Crippen LogP contribution in [0.25, 0.3) is 0 Å². The van der Waals surface area contributed by atoms with Gasteiger partial charge in [-0.15, -0.1) is 0 Å². The number of hydrogen-bond acceptors (Lipinski definition) is 4. The fourth-order valence-corrected chi connectivity index (χ4v) is 2.76. The van der Waals surface area contributed by atoms with E-state index in [0.29, 0.717) is 0 Å². The molecule has 1 N–H and O–H groups in total. The first kappa shape index (κ1) is 16.3. The summed E-state index contributed by atoms with van der Waals surface area (Å²) in [4.78, 5) is 4.80. The Morgan fingerprint density at radius 3 is 2.48 bits per heavy atom. The molecule has 4 heteroatoms. The SMILES string of the molecule is Cc1ccc(C)c(OCCN2CCCN(CCO)CC2)c1. The van der Waals surface area contributed by atoms with Gasteiger partial charge in [-0.05, 0) is 50.6 Å². The number of benzene rings is 1. The molecule has 1 saturated heterocycles. The third-order valence-corrected chi connectivity index (χ3v) is 4.11. The lowest BCUT2D eigenvalue weighted by Gasteiger charge is -2.21. The number of ether oxygens (including phenoxy) is 1. The van der Waals surface area contributed by atoms with Crippen LogP contribution in [0.1, 0.15) is 17.5 Å². The number of β-amino-alcohol motifs (C(OH)–C–C–N with tert-alkyl or cyclic N) is 1. The third kappa shape index (κ3) is 5.30. The highest BCUT2D eigenvalue weighted by Gasteiger charge is 2.14. The number of aryl methyl sites for hydroxylation is 2. The molecule has 1 aromatic rings. The molecule has 1 heterocycles. The van der Waals surface area contributed by atoms with Crippen molar-refractivity contribution in [2.24, 2.45) is 0 Å². The minimum atomic E-state index is 0.260. The summed E-state index contributed by atoms with van der Waals surface area (Å²) >= 11 is 0. The first-order valence-corrected chi connectivity index (χ1v) is 7.94. The van der Waals surface area contributed by atoms with Gasteiger partial charge >= 0.3 is 0 Å². The molecule has 0 atom stereocenters. The number of aliphatic hydroxyl groups is 1. The van der Waals surface area contributed by atoms with Crippen molar-refractivity contribution in [3.05, 3.63) is 29.3 Å². The normalized spacial score (nSPS) is 17.7. The minimum absolute atomic E-state index is 0.260. The summed E-state index contributed by atoms with van der Waals surface area (Å²) in [5.41, 5.74) is 2.44. The average molecular weight is 292 g/mol. The highest BCUT2D eigenvalue weighted by molar-refractivity contribution is 5.35. The van der Waals surface area contributed by atoms with Gasteiger partial charge in [-0.1, -0.05) is 12.1 Å². The van der Waals surface area contributed by atoms with Gasteiger partial charge in [0.25, 0.3) is 0 Å². The molecule has 1 aliphatic rings. The molecule has 0 spiro atoms. The van der Waals surface area contributed by atoms with Gasteiger partial charge in [0.2, 0.25) is 0 Å². The predicted molar refractivity (Wildman–Crippen MR) is 86.0 cm³/mol. The van der Waals surface area contributed by atoms with Crippen molar-refractivity contribution in [3.8, 4) is 5.75 Å². The van der Waals surface area contributed by atoms with E-state index in [1.54, 1.807) is 0 Å². The molecule has 0 aromatic heterocycles. The van der Waals surface area contributed by atoms with E-state index in [2.05, 4.69) is 41.8 Å². The van der Waals surface area contributed by atoms with E-state index in [0.717, 1.165) is 51.6 Å². The lowest BCUT2D eigenvalue weighted by Crippen LogP contribution is -2.34. The molecule has 2 rings (SSSR count). The van der Waals surface area contributed by atoms with Crippen molar-refractivity contribution in [1.29, 1.82) is 0 Å². The average Bonchev–Trinajstić information content (AvgIpc) is 2.69. The second-order valence-electron chi connectivity index (χ2n) is 5.88. The Hall–Kier alpha value is -1.10. The van der Waals surface area contributed by atoms with Crippen molar-refractivity contribution >= 4 is 0 Å². The number of aliphatic hydroxyl groups excluding tert-OH is 1. The van der Waals surface area contributed by atoms with Gasteiger partial charge in [0.1, 0.15) is 12.4 Å². The molecule has 1 aromatic carbocycles. The Kier molecular flexibility index (Phi) is 6.49. The zero-order chi connectivity index (χ0) is 15.1. The van der Waals surface area contributed by atoms with Crippen LogP contribution in [0.3, 0.4) is 0 Å². The van der Waals surface area contributed by atoms with Crippen molar-refractivity contribution in [1.82, 2.24) is 9.80 Å². The summed E-state index contributed by atoms with van der Waals surface area (Å²) in [5.74, 6) is 1.01. The van der Waals surface area contributed by atoms with Crippen molar-refractivity contribution in [3.63, 3.8) is 0 Å². The Labute approximate surface area is 128 Å². The highest BCUT2D eigenvalue weighted by Crippen LogP contribution is 2.19. The van der Waals surface area contributed by atoms with Crippen LogP contribution in [0, 0.1) is 13.8 Å². The van der Waals surface area contributed by atoms with E-state index < -0.39 is 0 Å². The largest absolute Gasteiger partial charge is 0.492 e. The van der Waals surface area contributed by atoms with Gasteiger partial charge in [0, 0.05) is 26.2 Å². The topological polar surface area (TPSA) is 35.9 Å². The van der Waals surface area contributed by atoms with Crippen molar-refractivity contribution < 1.29 is 9.84 Å². The molecular formula is C17H28N2O2. The Morgan fingerprint density at radius 1 is 1.05 bits per heavy atom. The Bertz CT molecular complexity index is 437. The third-order valence-electron chi connectivity index (χ3n) is 4.11. The van der Waals surface area contributed by atoms with Gasteiger partial charge in [-0.3, -0.25) is 9.80 Å². The van der Waals surface area contributed by atoms with Crippen LogP contribution in [-0.2, 0) is 0 Å². The van der Waals surface area contributed by atoms with E-state index in [9.17, 15) is 0 Å². The zero-order valence-electron chi connectivity index (χ0n) is 13.3. The van der Waals surface area contributed by atoms with Gasteiger partial charge in [0.15, 0.2) is 0 Å². The smallest absolute Gasteiger partial charge is 0.122 e. The second kappa shape index (κ2) is 8.37. The quantitative estimate of drug-likeness (QED) is 0.865. The first-order chi connectivity index (χ1) is 10.2. The summed E-state index contributed by atoms with van der Waals surface area (Å²) in [6, 6.07) is 6.34. The maximum Gasteiger partial charge on any atom is 0.122 e. The van der Waals surface area contributed by atoms with Crippen LogP contribution in [0.15, 0.2) is 18.2 Å². The van der Waals surface area contributed by atoms with Gasteiger partial charge in [-0.2, -0.15) is 0 Å². The Balaban J connectivity index is 1.74. The molecule has 118 valence electrons. The lowest BCUT2D eigenvalue weighted by atomic mass is 10.1. The standard InChI is InChI=1S/C17H28N2O2/c1-15-4-5-16(2)17(14-15)21-13-11-19-7-3-6-18(8-9-19)10-12-20/h4-5,14,20H,3,6-13H2,1-2H3. The first-order valence-electron chi connectivity index (χ1n) is 7.94. The maximum absolute atomic E-state index is 9.02. The van der Waals surface area contributed by atoms with E-state index in [1.807, 2.05) is 0 Å². The molecule has 0 unspecified atom stereocenters. The van der Waals surface area contributed by atoms with E-state index in [1.165, 1.54) is 17.5 Å². The Morgan fingerprint density at radius 2 is 1.76 bits per heavy atom. The van der Waals surface area contributed by atoms with Crippen molar-refractivity contribution in [2.45, 2.75) is 20.3 Å².